The monoisotopic (exact) mass is 363 g/mol. The van der Waals surface area contributed by atoms with E-state index in [1.165, 1.54) is 5.69 Å². The Kier molecular flexibility index (Phi) is 5.46. The van der Waals surface area contributed by atoms with Gasteiger partial charge in [-0.3, -0.25) is 4.98 Å². The molecule has 6 heteroatoms. The van der Waals surface area contributed by atoms with Crippen LogP contribution in [0.3, 0.4) is 0 Å². The summed E-state index contributed by atoms with van der Waals surface area (Å²) in [6.07, 6.45) is 9.15. The minimum Gasteiger partial charge on any atom is -0.391 e. The van der Waals surface area contributed by atoms with Gasteiger partial charge >= 0.3 is 0 Å². The molecule has 0 saturated carbocycles. The second-order valence-electron chi connectivity index (χ2n) is 6.91. The number of anilines is 1. The minimum absolute atomic E-state index is 0.260. The predicted molar refractivity (Wildman–Crippen MR) is 106 cm³/mol. The van der Waals surface area contributed by atoms with Crippen LogP contribution in [0.5, 0.6) is 0 Å². The van der Waals surface area contributed by atoms with Crippen molar-refractivity contribution in [2.24, 2.45) is 0 Å². The Morgan fingerprint density at radius 2 is 2.04 bits per heavy atom. The molecular formula is C21H25N5O. The van der Waals surface area contributed by atoms with Crippen LogP contribution >= 0.6 is 0 Å². The fraction of sp³-hybridized carbons (Fsp3) is 0.333. The van der Waals surface area contributed by atoms with Crippen molar-refractivity contribution in [3.63, 3.8) is 0 Å². The van der Waals surface area contributed by atoms with Gasteiger partial charge in [-0.1, -0.05) is 6.07 Å². The van der Waals surface area contributed by atoms with Crippen molar-refractivity contribution in [2.45, 2.75) is 32.0 Å². The summed E-state index contributed by atoms with van der Waals surface area (Å²) in [5, 5.41) is 13.5. The van der Waals surface area contributed by atoms with Gasteiger partial charge in [0.2, 0.25) is 0 Å². The quantitative estimate of drug-likeness (QED) is 0.704. The maximum Gasteiger partial charge on any atom is 0.133 e. The van der Waals surface area contributed by atoms with E-state index in [9.17, 15) is 5.11 Å². The lowest BCUT2D eigenvalue weighted by molar-refractivity contribution is 0.154. The van der Waals surface area contributed by atoms with Crippen molar-refractivity contribution in [1.29, 1.82) is 0 Å². The highest BCUT2D eigenvalue weighted by Crippen LogP contribution is 2.22. The van der Waals surface area contributed by atoms with Crippen molar-refractivity contribution in [1.82, 2.24) is 19.9 Å². The number of aliphatic hydroxyl groups is 1. The lowest BCUT2D eigenvalue weighted by Gasteiger charge is -2.32. The lowest BCUT2D eigenvalue weighted by atomic mass is 10.1. The number of nitrogens with zero attached hydrogens (tertiary/aromatic N) is 4. The van der Waals surface area contributed by atoms with Crippen LogP contribution in [0.4, 0.5) is 5.82 Å². The van der Waals surface area contributed by atoms with Gasteiger partial charge in [0.25, 0.3) is 0 Å². The fourth-order valence-corrected chi connectivity index (χ4v) is 3.63. The summed E-state index contributed by atoms with van der Waals surface area (Å²) in [5.41, 5.74) is 3.40. The van der Waals surface area contributed by atoms with Crippen LogP contribution in [0.1, 0.15) is 24.1 Å². The van der Waals surface area contributed by atoms with Gasteiger partial charge in [0.15, 0.2) is 0 Å². The van der Waals surface area contributed by atoms with Gasteiger partial charge in [-0.25, -0.2) is 4.98 Å². The van der Waals surface area contributed by atoms with E-state index in [1.54, 1.807) is 6.20 Å². The van der Waals surface area contributed by atoms with E-state index in [0.29, 0.717) is 6.54 Å². The van der Waals surface area contributed by atoms with Crippen molar-refractivity contribution >= 4 is 5.82 Å². The average molecular weight is 363 g/mol. The van der Waals surface area contributed by atoms with E-state index in [4.69, 9.17) is 0 Å². The number of aliphatic hydroxyl groups excluding tert-OH is 1. The van der Waals surface area contributed by atoms with Gasteiger partial charge in [-0.15, -0.1) is 0 Å². The summed E-state index contributed by atoms with van der Waals surface area (Å²) in [4.78, 5) is 11.0. The zero-order valence-electron chi connectivity index (χ0n) is 15.3. The van der Waals surface area contributed by atoms with E-state index >= 15 is 0 Å². The molecule has 0 radical (unpaired) electrons. The summed E-state index contributed by atoms with van der Waals surface area (Å²) in [6.45, 7) is 3.09. The summed E-state index contributed by atoms with van der Waals surface area (Å²) in [7, 11) is 0. The van der Waals surface area contributed by atoms with Crippen molar-refractivity contribution < 1.29 is 5.11 Å². The molecule has 27 heavy (non-hydrogen) atoms. The molecular weight excluding hydrogens is 338 g/mol. The predicted octanol–water partition coefficient (Wildman–Crippen LogP) is 2.52. The maximum atomic E-state index is 9.98. The highest BCUT2D eigenvalue weighted by atomic mass is 16.3. The summed E-state index contributed by atoms with van der Waals surface area (Å²) < 4.78 is 2.14. The Labute approximate surface area is 159 Å². The number of β-amino-alcohol motifs (C(OH)–C–C–N with tert-alkyl or cyclic N) is 1. The van der Waals surface area contributed by atoms with Gasteiger partial charge in [0, 0.05) is 56.0 Å². The number of piperidine rings is 1. The summed E-state index contributed by atoms with van der Waals surface area (Å²) in [6, 6.07) is 12.2. The lowest BCUT2D eigenvalue weighted by Crippen LogP contribution is -2.39. The maximum absolute atomic E-state index is 9.98. The van der Waals surface area contributed by atoms with E-state index in [2.05, 4.69) is 55.2 Å². The average Bonchev–Trinajstić information content (AvgIpc) is 3.18. The van der Waals surface area contributed by atoms with Crippen LogP contribution in [-0.4, -0.2) is 38.8 Å². The number of aromatic nitrogens is 3. The molecule has 1 saturated heterocycles. The smallest absolute Gasteiger partial charge is 0.133 e. The van der Waals surface area contributed by atoms with Crippen LogP contribution < -0.4 is 10.2 Å². The highest BCUT2D eigenvalue weighted by molar-refractivity contribution is 5.47. The first-order valence-electron chi connectivity index (χ1n) is 9.45. The molecule has 0 amide bonds. The number of hydrogen-bond acceptors (Lipinski definition) is 5. The minimum atomic E-state index is -0.260. The molecule has 1 fully saturated rings. The Bertz CT molecular complexity index is 864. The first-order chi connectivity index (χ1) is 13.3. The molecule has 1 atom stereocenters. The van der Waals surface area contributed by atoms with Crippen LogP contribution in [0, 0.1) is 0 Å². The Morgan fingerprint density at radius 1 is 1.11 bits per heavy atom. The molecule has 6 nitrogen and oxygen atoms in total. The van der Waals surface area contributed by atoms with Crippen LogP contribution in [0.15, 0.2) is 61.2 Å². The summed E-state index contributed by atoms with van der Waals surface area (Å²) >= 11 is 0. The van der Waals surface area contributed by atoms with Crippen LogP contribution in [0.25, 0.3) is 5.69 Å². The van der Waals surface area contributed by atoms with E-state index in [1.807, 2.05) is 24.5 Å². The van der Waals surface area contributed by atoms with Crippen molar-refractivity contribution in [3.05, 3.63) is 72.4 Å². The number of hydrogen-bond donors (Lipinski definition) is 2. The zero-order valence-corrected chi connectivity index (χ0v) is 15.3. The second-order valence-corrected chi connectivity index (χ2v) is 6.91. The molecule has 0 spiro atoms. The Morgan fingerprint density at radius 3 is 2.89 bits per heavy atom. The third kappa shape index (κ3) is 4.18. The molecule has 3 aromatic rings. The van der Waals surface area contributed by atoms with Crippen LogP contribution in [-0.2, 0) is 13.1 Å². The second kappa shape index (κ2) is 8.33. The van der Waals surface area contributed by atoms with E-state index < -0.39 is 0 Å². The summed E-state index contributed by atoms with van der Waals surface area (Å²) in [5.74, 6) is 0.978. The Hall–Kier alpha value is -2.70. The van der Waals surface area contributed by atoms with Gasteiger partial charge in [-0.2, -0.15) is 0 Å². The first kappa shape index (κ1) is 17.7. The van der Waals surface area contributed by atoms with Gasteiger partial charge in [0.1, 0.15) is 5.82 Å². The molecule has 0 bridgehead atoms. The fourth-order valence-electron chi connectivity index (χ4n) is 3.63. The van der Waals surface area contributed by atoms with Gasteiger partial charge in [-0.05, 0) is 43.2 Å². The first-order valence-corrected chi connectivity index (χ1v) is 9.45. The molecule has 4 rings (SSSR count). The number of rotatable bonds is 6. The van der Waals surface area contributed by atoms with E-state index in [0.717, 1.165) is 49.5 Å². The molecule has 2 N–H and O–H groups in total. The molecule has 4 heterocycles. The van der Waals surface area contributed by atoms with Crippen molar-refractivity contribution in [2.75, 3.05) is 18.0 Å². The normalized spacial score (nSPS) is 17.2. The van der Waals surface area contributed by atoms with Gasteiger partial charge < -0.3 is 19.9 Å². The highest BCUT2D eigenvalue weighted by Gasteiger charge is 2.20. The molecule has 140 valence electrons. The third-order valence-electron chi connectivity index (χ3n) is 4.94. The number of nitrogens with one attached hydrogen (secondary N) is 1. The molecule has 1 aliphatic rings. The molecule has 1 unspecified atom stereocenters. The van der Waals surface area contributed by atoms with Gasteiger partial charge in [0.05, 0.1) is 18.0 Å². The van der Waals surface area contributed by atoms with E-state index in [-0.39, 0.29) is 6.10 Å². The largest absolute Gasteiger partial charge is 0.391 e. The standard InChI is InChI=1S/C21H25N5O/c27-20-8-4-11-25(16-20)21-17(5-1-10-24-21)13-23-15-19-7-3-12-26(19)18-6-2-9-22-14-18/h1-3,5-7,9-10,12,14,20,23,27H,4,8,11,13,15-16H2. The Balaban J connectivity index is 1.43. The van der Waals surface area contributed by atoms with Crippen LogP contribution in [0.2, 0.25) is 0 Å². The van der Waals surface area contributed by atoms with Crippen molar-refractivity contribution in [3.8, 4) is 5.69 Å². The molecule has 0 aliphatic carbocycles. The SMILES string of the molecule is OC1CCCN(c2ncccc2CNCc2cccn2-c2cccnc2)C1. The topological polar surface area (TPSA) is 66.2 Å². The molecule has 3 aromatic heterocycles. The number of pyridine rings is 2. The molecule has 1 aliphatic heterocycles. The zero-order chi connectivity index (χ0) is 18.5. The third-order valence-corrected chi connectivity index (χ3v) is 4.94. The molecule has 0 aromatic carbocycles.